The van der Waals surface area contributed by atoms with Gasteiger partial charge in [-0.15, -0.1) is 0 Å². The lowest BCUT2D eigenvalue weighted by molar-refractivity contribution is -0.266. The Morgan fingerprint density at radius 1 is 0.931 bits per heavy atom. The highest BCUT2D eigenvalue weighted by atomic mass is 16.7. The lowest BCUT2D eigenvalue weighted by atomic mass is 10.1. The molecule has 0 bridgehead atoms. The summed E-state index contributed by atoms with van der Waals surface area (Å²) in [5.41, 5.74) is 0.891. The molecule has 29 heavy (non-hydrogen) atoms. The zero-order valence-corrected chi connectivity index (χ0v) is 16.4. The van der Waals surface area contributed by atoms with Crippen LogP contribution in [-0.2, 0) is 23.7 Å². The number of benzene rings is 2. The Balaban J connectivity index is 1.59. The van der Waals surface area contributed by atoms with E-state index in [0.29, 0.717) is 17.5 Å². The number of methoxy groups -OCH3 is 2. The quantitative estimate of drug-likeness (QED) is 0.630. The van der Waals surface area contributed by atoms with Crippen LogP contribution in [0.5, 0.6) is 0 Å². The van der Waals surface area contributed by atoms with Gasteiger partial charge in [-0.1, -0.05) is 36.4 Å². The standard InChI is InChI=1S/C22H24O7/c1-25-19-13-18(14-27-20(23)16-9-5-3-6-10-16)29-22(19,26-2)15-28-21(24)17-11-7-4-8-12-17/h3-12,18-19H,13-15H2,1-2H3/t18-,19-,22-/m0/s1. The number of hydrogen-bond acceptors (Lipinski definition) is 7. The number of carbonyl (C=O) groups is 2. The predicted molar refractivity (Wildman–Crippen MR) is 103 cm³/mol. The Morgan fingerprint density at radius 2 is 1.48 bits per heavy atom. The molecule has 0 amide bonds. The molecule has 7 heteroatoms. The van der Waals surface area contributed by atoms with Gasteiger partial charge in [-0.3, -0.25) is 0 Å². The van der Waals surface area contributed by atoms with Crippen molar-refractivity contribution < 1.29 is 33.3 Å². The zero-order chi connectivity index (χ0) is 20.7. The number of esters is 2. The van der Waals surface area contributed by atoms with E-state index in [2.05, 4.69) is 0 Å². The van der Waals surface area contributed by atoms with Gasteiger partial charge in [0.25, 0.3) is 0 Å². The van der Waals surface area contributed by atoms with Gasteiger partial charge in [-0.25, -0.2) is 9.59 Å². The number of carbonyl (C=O) groups excluding carboxylic acids is 2. The molecular weight excluding hydrogens is 376 g/mol. The molecule has 0 N–H and O–H groups in total. The van der Waals surface area contributed by atoms with E-state index in [1.54, 1.807) is 48.5 Å². The van der Waals surface area contributed by atoms with Crippen molar-refractivity contribution in [2.75, 3.05) is 27.4 Å². The highest BCUT2D eigenvalue weighted by molar-refractivity contribution is 5.89. The van der Waals surface area contributed by atoms with Gasteiger partial charge in [0.2, 0.25) is 5.79 Å². The first kappa shape index (κ1) is 21.0. The van der Waals surface area contributed by atoms with E-state index in [1.807, 2.05) is 12.1 Å². The fourth-order valence-electron chi connectivity index (χ4n) is 3.22. The van der Waals surface area contributed by atoms with Crippen LogP contribution in [0, 0.1) is 0 Å². The predicted octanol–water partition coefficient (Wildman–Crippen LogP) is 2.85. The van der Waals surface area contributed by atoms with E-state index in [4.69, 9.17) is 23.7 Å². The second-order valence-corrected chi connectivity index (χ2v) is 6.62. The van der Waals surface area contributed by atoms with Crippen LogP contribution < -0.4 is 0 Å². The average molecular weight is 400 g/mol. The molecule has 0 aliphatic carbocycles. The van der Waals surface area contributed by atoms with E-state index < -0.39 is 29.9 Å². The van der Waals surface area contributed by atoms with Crippen LogP contribution >= 0.6 is 0 Å². The van der Waals surface area contributed by atoms with Crippen molar-refractivity contribution in [3.8, 4) is 0 Å². The summed E-state index contributed by atoms with van der Waals surface area (Å²) in [7, 11) is 2.99. The van der Waals surface area contributed by atoms with Crippen molar-refractivity contribution in [1.29, 1.82) is 0 Å². The van der Waals surface area contributed by atoms with Crippen molar-refractivity contribution in [2.24, 2.45) is 0 Å². The minimum atomic E-state index is -1.27. The third kappa shape index (κ3) is 5.00. The third-order valence-corrected chi connectivity index (χ3v) is 4.79. The second kappa shape index (κ2) is 9.65. The highest BCUT2D eigenvalue weighted by Crippen LogP contribution is 2.34. The zero-order valence-electron chi connectivity index (χ0n) is 16.4. The van der Waals surface area contributed by atoms with Gasteiger partial charge in [0, 0.05) is 20.6 Å². The van der Waals surface area contributed by atoms with Gasteiger partial charge < -0.3 is 23.7 Å². The first-order valence-corrected chi connectivity index (χ1v) is 9.28. The molecular formula is C22H24O7. The Hall–Kier alpha value is -2.74. The Labute approximate surface area is 169 Å². The summed E-state index contributed by atoms with van der Waals surface area (Å²) in [5.74, 6) is -2.20. The molecule has 1 aliphatic heterocycles. The summed E-state index contributed by atoms with van der Waals surface area (Å²) in [6.45, 7) is -0.121. The van der Waals surface area contributed by atoms with Crippen LogP contribution in [0.1, 0.15) is 27.1 Å². The van der Waals surface area contributed by atoms with Crippen molar-refractivity contribution in [1.82, 2.24) is 0 Å². The number of hydrogen-bond donors (Lipinski definition) is 0. The molecule has 0 unspecified atom stereocenters. The molecule has 7 nitrogen and oxygen atoms in total. The molecule has 1 saturated heterocycles. The summed E-state index contributed by atoms with van der Waals surface area (Å²) >= 11 is 0. The Kier molecular flexibility index (Phi) is 6.98. The number of ether oxygens (including phenoxy) is 5. The van der Waals surface area contributed by atoms with Crippen LogP contribution in [0.3, 0.4) is 0 Å². The average Bonchev–Trinajstić information content (AvgIpc) is 3.15. The summed E-state index contributed by atoms with van der Waals surface area (Å²) in [5, 5.41) is 0. The van der Waals surface area contributed by atoms with Gasteiger partial charge in [0.05, 0.1) is 17.2 Å². The highest BCUT2D eigenvalue weighted by Gasteiger charge is 2.51. The van der Waals surface area contributed by atoms with Crippen LogP contribution in [0.2, 0.25) is 0 Å². The molecule has 0 radical (unpaired) electrons. The van der Waals surface area contributed by atoms with Crippen molar-refractivity contribution >= 4 is 11.9 Å². The van der Waals surface area contributed by atoms with Crippen molar-refractivity contribution in [3.05, 3.63) is 71.8 Å². The maximum absolute atomic E-state index is 12.3. The third-order valence-electron chi connectivity index (χ3n) is 4.79. The summed E-state index contributed by atoms with van der Waals surface area (Å²) in [6.07, 6.45) is -0.519. The van der Waals surface area contributed by atoms with Crippen LogP contribution in [0.15, 0.2) is 60.7 Å². The Morgan fingerprint density at radius 3 is 2.00 bits per heavy atom. The molecule has 1 aliphatic rings. The summed E-state index contributed by atoms with van der Waals surface area (Å²) in [6, 6.07) is 17.4. The minimum Gasteiger partial charge on any atom is -0.459 e. The van der Waals surface area contributed by atoms with Gasteiger partial charge in [0.1, 0.15) is 19.3 Å². The fraction of sp³-hybridized carbons (Fsp3) is 0.364. The topological polar surface area (TPSA) is 80.3 Å². The van der Waals surface area contributed by atoms with Gasteiger partial charge in [-0.05, 0) is 24.3 Å². The molecule has 2 aromatic rings. The first-order chi connectivity index (χ1) is 14.1. The Bertz CT molecular complexity index is 808. The molecule has 0 spiro atoms. The maximum Gasteiger partial charge on any atom is 0.338 e. The second-order valence-electron chi connectivity index (χ2n) is 6.62. The smallest absolute Gasteiger partial charge is 0.338 e. The molecule has 3 atom stereocenters. The summed E-state index contributed by atoms with van der Waals surface area (Å²) in [4.78, 5) is 24.4. The van der Waals surface area contributed by atoms with E-state index in [0.717, 1.165) is 0 Å². The maximum atomic E-state index is 12.3. The van der Waals surface area contributed by atoms with Gasteiger partial charge in [-0.2, -0.15) is 0 Å². The molecule has 0 saturated carbocycles. The molecule has 1 fully saturated rings. The normalized spacial score (nSPS) is 23.5. The minimum absolute atomic E-state index is 0.0331. The molecule has 0 aromatic heterocycles. The van der Waals surface area contributed by atoms with E-state index in [-0.39, 0.29) is 13.2 Å². The SMILES string of the molecule is CO[C@H]1C[C@@H](COC(=O)c2ccccc2)O[C@]1(COC(=O)c1ccccc1)OC. The molecule has 1 heterocycles. The first-order valence-electron chi connectivity index (χ1n) is 9.28. The van der Waals surface area contributed by atoms with E-state index in [1.165, 1.54) is 14.2 Å². The monoisotopic (exact) mass is 400 g/mol. The van der Waals surface area contributed by atoms with Crippen LogP contribution in [-0.4, -0.2) is 57.4 Å². The lowest BCUT2D eigenvalue weighted by Gasteiger charge is -2.31. The van der Waals surface area contributed by atoms with Gasteiger partial charge >= 0.3 is 11.9 Å². The van der Waals surface area contributed by atoms with Crippen LogP contribution in [0.4, 0.5) is 0 Å². The van der Waals surface area contributed by atoms with Gasteiger partial charge in [0.15, 0.2) is 0 Å². The summed E-state index contributed by atoms with van der Waals surface area (Å²) < 4.78 is 27.8. The molecule has 154 valence electrons. The van der Waals surface area contributed by atoms with Crippen molar-refractivity contribution in [2.45, 2.75) is 24.4 Å². The van der Waals surface area contributed by atoms with Crippen molar-refractivity contribution in [3.63, 3.8) is 0 Å². The van der Waals surface area contributed by atoms with E-state index in [9.17, 15) is 9.59 Å². The lowest BCUT2D eigenvalue weighted by Crippen LogP contribution is -2.47. The van der Waals surface area contributed by atoms with E-state index >= 15 is 0 Å². The fourth-order valence-corrected chi connectivity index (χ4v) is 3.22. The largest absolute Gasteiger partial charge is 0.459 e. The number of rotatable bonds is 8. The molecule has 3 rings (SSSR count). The van der Waals surface area contributed by atoms with Crippen LogP contribution in [0.25, 0.3) is 0 Å². The molecule has 2 aromatic carbocycles.